The van der Waals surface area contributed by atoms with Crippen molar-refractivity contribution in [3.05, 3.63) is 77.1 Å². The number of hydrogen-bond donors (Lipinski definition) is 2. The molecule has 3 aromatic rings. The summed E-state index contributed by atoms with van der Waals surface area (Å²) in [5.74, 6) is -3.12. The summed E-state index contributed by atoms with van der Waals surface area (Å²) in [6.45, 7) is 3.20. The normalized spacial score (nSPS) is 17.4. The van der Waals surface area contributed by atoms with E-state index in [1.165, 1.54) is 6.07 Å². The third-order valence-electron chi connectivity index (χ3n) is 5.61. The Morgan fingerprint density at radius 1 is 1.06 bits per heavy atom. The number of alkyl halides is 3. The van der Waals surface area contributed by atoms with Gasteiger partial charge in [0.15, 0.2) is 11.6 Å². The van der Waals surface area contributed by atoms with E-state index < -0.39 is 29.1 Å². The molecule has 0 bridgehead atoms. The number of rotatable bonds is 1. The van der Waals surface area contributed by atoms with E-state index in [2.05, 4.69) is 0 Å². The van der Waals surface area contributed by atoms with Crippen LogP contribution in [0.3, 0.4) is 0 Å². The topological polar surface area (TPSA) is 63.3 Å². The van der Waals surface area contributed by atoms with Crippen LogP contribution in [0.15, 0.2) is 54.6 Å². The van der Waals surface area contributed by atoms with E-state index in [0.717, 1.165) is 16.8 Å². The standard InChI is InChI=1S/C13H14F4O.C11H9NO/c1-12(2)6-8(13(15,16)17)5-7-3-4-9(14)11(18)10(7)12;12-11(13)10-6-5-8-3-1-2-4-9(8)7-10/h3-4,8,18H,5-6H2,1-2H3;1-7H,(H2,12,13). The average molecular weight is 433 g/mol. The Balaban J connectivity index is 0.000000185. The van der Waals surface area contributed by atoms with Crippen molar-refractivity contribution in [3.8, 4) is 5.75 Å². The summed E-state index contributed by atoms with van der Waals surface area (Å²) in [6, 6.07) is 15.7. The van der Waals surface area contributed by atoms with Crippen LogP contribution in [0.2, 0.25) is 0 Å². The number of benzene rings is 3. The minimum Gasteiger partial charge on any atom is -0.505 e. The molecule has 164 valence electrons. The van der Waals surface area contributed by atoms with Gasteiger partial charge in [-0.3, -0.25) is 4.79 Å². The van der Waals surface area contributed by atoms with Crippen molar-refractivity contribution in [2.24, 2.45) is 11.7 Å². The molecular weight excluding hydrogens is 410 g/mol. The number of phenols is 1. The molecule has 1 aliphatic carbocycles. The second-order valence-corrected chi connectivity index (χ2v) is 8.39. The molecular formula is C24H23F4NO2. The highest BCUT2D eigenvalue weighted by atomic mass is 19.4. The number of fused-ring (bicyclic) bond motifs is 2. The summed E-state index contributed by atoms with van der Waals surface area (Å²) in [7, 11) is 0. The van der Waals surface area contributed by atoms with Crippen molar-refractivity contribution < 1.29 is 27.5 Å². The molecule has 4 rings (SSSR count). The lowest BCUT2D eigenvalue weighted by atomic mass is 9.68. The predicted octanol–water partition coefficient (Wildman–Crippen LogP) is 5.87. The number of carbonyl (C=O) groups is 1. The van der Waals surface area contributed by atoms with Gasteiger partial charge in [-0.15, -0.1) is 0 Å². The molecule has 0 saturated heterocycles. The first-order valence-electron chi connectivity index (χ1n) is 9.76. The molecule has 0 spiro atoms. The molecule has 0 aliphatic heterocycles. The van der Waals surface area contributed by atoms with Gasteiger partial charge in [-0.05, 0) is 52.8 Å². The Bertz CT molecular complexity index is 1120. The summed E-state index contributed by atoms with van der Waals surface area (Å²) in [5, 5.41) is 11.9. The van der Waals surface area contributed by atoms with Crippen LogP contribution in [-0.2, 0) is 11.8 Å². The number of hydrogen-bond acceptors (Lipinski definition) is 2. The monoisotopic (exact) mass is 433 g/mol. The molecule has 1 amide bonds. The zero-order chi connectivity index (χ0) is 23.0. The predicted molar refractivity (Wildman–Crippen MR) is 111 cm³/mol. The van der Waals surface area contributed by atoms with Gasteiger partial charge in [0.05, 0.1) is 5.92 Å². The number of nitrogens with two attached hydrogens (primary N) is 1. The highest BCUT2D eigenvalue weighted by Gasteiger charge is 2.47. The molecule has 0 saturated carbocycles. The molecule has 1 aliphatic rings. The smallest absolute Gasteiger partial charge is 0.392 e. The first kappa shape index (κ1) is 22.6. The van der Waals surface area contributed by atoms with Crippen molar-refractivity contribution in [2.75, 3.05) is 0 Å². The van der Waals surface area contributed by atoms with Crippen LogP contribution in [0.25, 0.3) is 10.8 Å². The van der Waals surface area contributed by atoms with Crippen LogP contribution in [0, 0.1) is 11.7 Å². The minimum atomic E-state index is -4.26. The summed E-state index contributed by atoms with van der Waals surface area (Å²) in [5.41, 5.74) is 5.52. The summed E-state index contributed by atoms with van der Waals surface area (Å²) in [4.78, 5) is 10.9. The molecule has 31 heavy (non-hydrogen) atoms. The maximum Gasteiger partial charge on any atom is 0.392 e. The van der Waals surface area contributed by atoms with Crippen LogP contribution >= 0.6 is 0 Å². The fraction of sp³-hybridized carbons (Fsp3) is 0.292. The van der Waals surface area contributed by atoms with Crippen LogP contribution in [0.4, 0.5) is 17.6 Å². The molecule has 0 radical (unpaired) electrons. The molecule has 1 unspecified atom stereocenters. The van der Waals surface area contributed by atoms with Crippen molar-refractivity contribution in [3.63, 3.8) is 0 Å². The minimum absolute atomic E-state index is 0.138. The number of aromatic hydroxyl groups is 1. The Kier molecular flexibility index (Phi) is 5.98. The maximum absolute atomic E-state index is 13.3. The highest BCUT2D eigenvalue weighted by molar-refractivity contribution is 5.97. The van der Waals surface area contributed by atoms with Gasteiger partial charge in [-0.25, -0.2) is 4.39 Å². The second kappa shape index (κ2) is 8.21. The fourth-order valence-electron chi connectivity index (χ4n) is 4.16. The zero-order valence-electron chi connectivity index (χ0n) is 17.1. The zero-order valence-corrected chi connectivity index (χ0v) is 17.1. The SMILES string of the molecule is CC1(C)CC(C(F)(F)F)Cc2ccc(F)c(O)c21.NC(=O)c1ccc2ccccc2c1. The first-order valence-corrected chi connectivity index (χ1v) is 9.76. The molecule has 1 atom stereocenters. The van der Waals surface area contributed by atoms with Gasteiger partial charge in [0.25, 0.3) is 0 Å². The summed E-state index contributed by atoms with van der Waals surface area (Å²) < 4.78 is 51.8. The van der Waals surface area contributed by atoms with Crippen LogP contribution < -0.4 is 5.73 Å². The van der Waals surface area contributed by atoms with Crippen LogP contribution in [0.5, 0.6) is 5.75 Å². The van der Waals surface area contributed by atoms with E-state index in [1.54, 1.807) is 26.0 Å². The van der Waals surface area contributed by atoms with Gasteiger partial charge in [0, 0.05) is 11.1 Å². The van der Waals surface area contributed by atoms with E-state index in [0.29, 0.717) is 16.7 Å². The van der Waals surface area contributed by atoms with Crippen molar-refractivity contribution in [1.29, 1.82) is 0 Å². The van der Waals surface area contributed by atoms with Crippen molar-refractivity contribution in [2.45, 2.75) is 38.3 Å². The van der Waals surface area contributed by atoms with Gasteiger partial charge < -0.3 is 10.8 Å². The molecule has 0 fully saturated rings. The van der Waals surface area contributed by atoms with Crippen LogP contribution in [-0.4, -0.2) is 17.2 Å². The molecule has 0 aromatic heterocycles. The average Bonchev–Trinajstić information content (AvgIpc) is 2.69. The highest BCUT2D eigenvalue weighted by Crippen LogP contribution is 2.48. The third-order valence-corrected chi connectivity index (χ3v) is 5.61. The van der Waals surface area contributed by atoms with E-state index in [-0.39, 0.29) is 18.7 Å². The Labute approximate surface area is 177 Å². The fourth-order valence-corrected chi connectivity index (χ4v) is 4.16. The van der Waals surface area contributed by atoms with Gasteiger partial charge in [0.1, 0.15) is 0 Å². The molecule has 3 nitrogen and oxygen atoms in total. The van der Waals surface area contributed by atoms with Gasteiger partial charge >= 0.3 is 6.18 Å². The summed E-state index contributed by atoms with van der Waals surface area (Å²) in [6.07, 6.45) is -4.60. The van der Waals surface area contributed by atoms with Gasteiger partial charge in [-0.1, -0.05) is 50.2 Å². The van der Waals surface area contributed by atoms with E-state index in [1.807, 2.05) is 30.3 Å². The van der Waals surface area contributed by atoms with E-state index >= 15 is 0 Å². The lowest BCUT2D eigenvalue weighted by Crippen LogP contribution is -2.37. The van der Waals surface area contributed by atoms with Gasteiger partial charge in [-0.2, -0.15) is 13.2 Å². The number of carbonyl (C=O) groups excluding carboxylic acids is 1. The largest absolute Gasteiger partial charge is 0.505 e. The van der Waals surface area contributed by atoms with Gasteiger partial charge in [0.2, 0.25) is 5.91 Å². The molecule has 7 heteroatoms. The van der Waals surface area contributed by atoms with E-state index in [4.69, 9.17) is 5.73 Å². The molecule has 3 aromatic carbocycles. The Hall–Kier alpha value is -3.09. The first-order chi connectivity index (χ1) is 14.4. The van der Waals surface area contributed by atoms with Crippen LogP contribution in [0.1, 0.15) is 41.8 Å². The molecule has 3 N–H and O–H groups in total. The number of primary amides is 1. The number of phenolic OH excluding ortho intramolecular Hbond substituents is 1. The maximum atomic E-state index is 13.3. The summed E-state index contributed by atoms with van der Waals surface area (Å²) >= 11 is 0. The quantitative estimate of drug-likeness (QED) is 0.471. The van der Waals surface area contributed by atoms with Crippen molar-refractivity contribution in [1.82, 2.24) is 0 Å². The van der Waals surface area contributed by atoms with E-state index in [9.17, 15) is 27.5 Å². The lowest BCUT2D eigenvalue weighted by Gasteiger charge is -2.38. The third kappa shape index (κ3) is 4.81. The lowest BCUT2D eigenvalue weighted by molar-refractivity contribution is -0.181. The molecule has 0 heterocycles. The number of amides is 1. The number of halogens is 4. The Morgan fingerprint density at radius 2 is 1.71 bits per heavy atom. The Morgan fingerprint density at radius 3 is 2.32 bits per heavy atom. The second-order valence-electron chi connectivity index (χ2n) is 8.39. The van der Waals surface area contributed by atoms with Crippen molar-refractivity contribution >= 4 is 16.7 Å².